The Morgan fingerprint density at radius 2 is 1.90 bits per heavy atom. The van der Waals surface area contributed by atoms with Crippen LogP contribution in [0.25, 0.3) is 11.2 Å². The zero-order valence-corrected chi connectivity index (χ0v) is 22.6. The predicted molar refractivity (Wildman–Crippen MR) is 147 cm³/mol. The van der Waals surface area contributed by atoms with Crippen LogP contribution in [0, 0.1) is 5.92 Å². The van der Waals surface area contributed by atoms with Gasteiger partial charge in [0.2, 0.25) is 5.95 Å². The topological polar surface area (TPSA) is 189 Å². The zero-order valence-electron chi connectivity index (χ0n) is 22.6. The summed E-state index contributed by atoms with van der Waals surface area (Å²) in [6, 6.07) is 7.06. The molecule has 214 valence electrons. The summed E-state index contributed by atoms with van der Waals surface area (Å²) in [7, 11) is 0. The fraction of sp³-hybridized carbons (Fsp3) is 0.500. The number of pyridine rings is 1. The molecule has 1 saturated heterocycles. The average Bonchev–Trinajstić information content (AvgIpc) is 3.68. The van der Waals surface area contributed by atoms with Gasteiger partial charge < -0.3 is 40.5 Å². The fourth-order valence-electron chi connectivity index (χ4n) is 4.47. The molecule has 4 aromatic heterocycles. The molecule has 0 spiro atoms. The highest BCUT2D eigenvalue weighted by molar-refractivity contribution is 5.84. The highest BCUT2D eigenvalue weighted by Crippen LogP contribution is 2.40. The second kappa shape index (κ2) is 12.1. The number of fused-ring (bicyclic) bond motifs is 1. The molecule has 0 bridgehead atoms. The van der Waals surface area contributed by atoms with Crippen molar-refractivity contribution in [2.24, 2.45) is 5.92 Å². The molecular weight excluding hydrogens is 518 g/mol. The summed E-state index contributed by atoms with van der Waals surface area (Å²) in [5.74, 6) is 1.93. The maximum atomic E-state index is 11.0. The Morgan fingerprint density at radius 3 is 2.60 bits per heavy atom. The SMILES string of the molecule is CCc1cc([C@H]2O[C@@H](n3cnc4c(N[C@H](CO)C(C)C)nc(NCCNc5ccccn5)nc43)[C@H](O)[C@@H]2O)on1. The number of nitrogens with zero attached hydrogens (tertiary/aromatic N) is 6. The average molecular weight is 554 g/mol. The van der Waals surface area contributed by atoms with Gasteiger partial charge in [-0.05, 0) is 24.5 Å². The van der Waals surface area contributed by atoms with Gasteiger partial charge in [0.05, 0.1) is 24.7 Å². The third-order valence-corrected chi connectivity index (χ3v) is 6.86. The van der Waals surface area contributed by atoms with E-state index in [0.717, 1.165) is 11.5 Å². The Bertz CT molecular complexity index is 1400. The quantitative estimate of drug-likeness (QED) is 0.139. The summed E-state index contributed by atoms with van der Waals surface area (Å²) in [6.07, 6.45) is -0.598. The number of hydrogen-bond donors (Lipinski definition) is 6. The number of aromatic nitrogens is 6. The van der Waals surface area contributed by atoms with Crippen molar-refractivity contribution >= 4 is 28.7 Å². The molecule has 14 heteroatoms. The Balaban J connectivity index is 1.42. The van der Waals surface area contributed by atoms with E-state index in [1.54, 1.807) is 16.8 Å². The molecule has 40 heavy (non-hydrogen) atoms. The van der Waals surface area contributed by atoms with E-state index in [0.29, 0.717) is 48.2 Å². The first kappa shape index (κ1) is 27.7. The minimum absolute atomic E-state index is 0.101. The number of nitrogens with one attached hydrogen (secondary N) is 3. The number of anilines is 3. The van der Waals surface area contributed by atoms with Gasteiger partial charge in [0, 0.05) is 25.4 Å². The number of rotatable bonds is 12. The highest BCUT2D eigenvalue weighted by atomic mass is 16.6. The first-order chi connectivity index (χ1) is 19.4. The molecule has 0 radical (unpaired) electrons. The molecule has 1 fully saturated rings. The van der Waals surface area contributed by atoms with Crippen LogP contribution in [0.2, 0.25) is 0 Å². The number of aliphatic hydroxyl groups is 3. The lowest BCUT2D eigenvalue weighted by molar-refractivity contribution is -0.0434. The monoisotopic (exact) mass is 553 g/mol. The Labute approximate surface area is 230 Å². The lowest BCUT2D eigenvalue weighted by Crippen LogP contribution is -2.30. The van der Waals surface area contributed by atoms with Gasteiger partial charge in [-0.15, -0.1) is 0 Å². The van der Waals surface area contributed by atoms with Crippen molar-refractivity contribution < 1.29 is 24.6 Å². The summed E-state index contributed by atoms with van der Waals surface area (Å²) >= 11 is 0. The van der Waals surface area contributed by atoms with Gasteiger partial charge in [-0.3, -0.25) is 4.57 Å². The van der Waals surface area contributed by atoms with E-state index in [4.69, 9.17) is 9.26 Å². The van der Waals surface area contributed by atoms with E-state index >= 15 is 0 Å². The number of aryl methyl sites for hydroxylation is 1. The van der Waals surface area contributed by atoms with Gasteiger partial charge in [-0.25, -0.2) is 9.97 Å². The summed E-state index contributed by atoms with van der Waals surface area (Å²) in [5.41, 5.74) is 1.52. The molecule has 5 heterocycles. The van der Waals surface area contributed by atoms with Crippen molar-refractivity contribution in [2.45, 2.75) is 57.8 Å². The molecule has 6 N–H and O–H groups in total. The van der Waals surface area contributed by atoms with Crippen molar-refractivity contribution in [1.29, 1.82) is 0 Å². The smallest absolute Gasteiger partial charge is 0.226 e. The van der Waals surface area contributed by atoms with Crippen molar-refractivity contribution in [3.05, 3.63) is 48.2 Å². The van der Waals surface area contributed by atoms with Crippen LogP contribution in [0.4, 0.5) is 17.6 Å². The summed E-state index contributed by atoms with van der Waals surface area (Å²) in [4.78, 5) is 18.0. The maximum Gasteiger partial charge on any atom is 0.226 e. The first-order valence-corrected chi connectivity index (χ1v) is 13.4. The van der Waals surface area contributed by atoms with Crippen molar-refractivity contribution in [3.63, 3.8) is 0 Å². The molecule has 5 atom stereocenters. The maximum absolute atomic E-state index is 11.0. The largest absolute Gasteiger partial charge is 0.394 e. The van der Waals surface area contributed by atoms with Gasteiger partial charge in [0.25, 0.3) is 0 Å². The van der Waals surface area contributed by atoms with Crippen LogP contribution >= 0.6 is 0 Å². The van der Waals surface area contributed by atoms with Crippen LogP contribution in [0.1, 0.15) is 44.6 Å². The summed E-state index contributed by atoms with van der Waals surface area (Å²) in [6.45, 7) is 6.86. The number of hydrogen-bond acceptors (Lipinski definition) is 13. The normalized spacial score (nSPS) is 21.7. The minimum atomic E-state index is -1.29. The summed E-state index contributed by atoms with van der Waals surface area (Å²) < 4.78 is 13.0. The van der Waals surface area contributed by atoms with Gasteiger partial charge in [-0.1, -0.05) is 32.0 Å². The molecular formula is C26H35N9O5. The highest BCUT2D eigenvalue weighted by Gasteiger charge is 2.47. The first-order valence-electron chi connectivity index (χ1n) is 13.4. The Morgan fingerprint density at radius 1 is 1.07 bits per heavy atom. The third kappa shape index (κ3) is 5.70. The van der Waals surface area contributed by atoms with Crippen molar-refractivity contribution in [2.75, 3.05) is 35.6 Å². The molecule has 14 nitrogen and oxygen atoms in total. The Kier molecular flexibility index (Phi) is 8.40. The molecule has 0 amide bonds. The fourth-order valence-corrected chi connectivity index (χ4v) is 4.47. The molecule has 0 unspecified atom stereocenters. The Hall–Kier alpha value is -3.85. The molecule has 1 aliphatic heterocycles. The van der Waals surface area contributed by atoms with E-state index in [2.05, 4.69) is 41.0 Å². The van der Waals surface area contributed by atoms with E-state index in [1.807, 2.05) is 39.0 Å². The second-order valence-corrected chi connectivity index (χ2v) is 9.97. The number of ether oxygens (including phenoxy) is 1. The molecule has 0 aliphatic carbocycles. The third-order valence-electron chi connectivity index (χ3n) is 6.86. The van der Waals surface area contributed by atoms with Crippen LogP contribution in [0.15, 0.2) is 41.3 Å². The van der Waals surface area contributed by atoms with Gasteiger partial charge in [0.15, 0.2) is 29.0 Å². The second-order valence-electron chi connectivity index (χ2n) is 9.97. The van der Waals surface area contributed by atoms with E-state index in [1.165, 1.54) is 6.33 Å². The van der Waals surface area contributed by atoms with Crippen LogP contribution < -0.4 is 16.0 Å². The minimum Gasteiger partial charge on any atom is -0.394 e. The lowest BCUT2D eigenvalue weighted by Gasteiger charge is -2.21. The van der Waals surface area contributed by atoms with E-state index in [9.17, 15) is 15.3 Å². The molecule has 4 aromatic rings. The molecule has 0 aromatic carbocycles. The van der Waals surface area contributed by atoms with Gasteiger partial charge in [0.1, 0.15) is 24.1 Å². The van der Waals surface area contributed by atoms with Crippen molar-refractivity contribution in [1.82, 2.24) is 29.7 Å². The van der Waals surface area contributed by atoms with Gasteiger partial charge >= 0.3 is 0 Å². The van der Waals surface area contributed by atoms with Crippen LogP contribution in [-0.2, 0) is 11.2 Å². The zero-order chi connectivity index (χ0) is 28.2. The predicted octanol–water partition coefficient (Wildman–Crippen LogP) is 1.72. The standard InChI is InChI=1S/C26H35N9O5/c1-4-15-11-17(40-34-15)22-20(37)21(38)25(39-22)35-13-30-19-23(31-16(12-36)14(2)3)32-26(33-24(19)35)29-10-9-28-18-7-5-6-8-27-18/h5-8,11,13-14,16,20-22,25,36-38H,4,9-10,12H2,1-3H3,(H,27,28)(H2,29,31,32,33)/t16-,20+,21-,22-,25-/m1/s1. The van der Waals surface area contributed by atoms with Crippen molar-refractivity contribution in [3.8, 4) is 0 Å². The molecule has 1 aliphatic rings. The van der Waals surface area contributed by atoms with E-state index < -0.39 is 24.5 Å². The summed E-state index contributed by atoms with van der Waals surface area (Å²) in [5, 5.41) is 45.4. The van der Waals surface area contributed by atoms with Crippen LogP contribution in [-0.4, -0.2) is 82.9 Å². The lowest BCUT2D eigenvalue weighted by atomic mass is 10.1. The molecule has 0 saturated carbocycles. The number of aliphatic hydroxyl groups excluding tert-OH is 3. The number of imidazole rings is 1. The van der Waals surface area contributed by atoms with E-state index in [-0.39, 0.29) is 18.6 Å². The van der Waals surface area contributed by atoms with Gasteiger partial charge in [-0.2, -0.15) is 9.97 Å². The molecule has 5 rings (SSSR count). The van der Waals surface area contributed by atoms with Crippen LogP contribution in [0.5, 0.6) is 0 Å². The van der Waals surface area contributed by atoms with Crippen LogP contribution in [0.3, 0.4) is 0 Å².